The van der Waals surface area contributed by atoms with Crippen LogP contribution in [0.5, 0.6) is 0 Å². The summed E-state index contributed by atoms with van der Waals surface area (Å²) >= 11 is 0. The lowest BCUT2D eigenvalue weighted by Crippen LogP contribution is -2.24. The van der Waals surface area contributed by atoms with Crippen LogP contribution in [0.15, 0.2) is 23.1 Å². The molecule has 1 saturated carbocycles. The van der Waals surface area contributed by atoms with Crippen LogP contribution in [0.25, 0.3) is 0 Å². The minimum atomic E-state index is -3.30. The smallest absolute Gasteiger partial charge is 0.175 e. The van der Waals surface area contributed by atoms with E-state index < -0.39 is 15.7 Å². The second-order valence-electron chi connectivity index (χ2n) is 5.39. The predicted octanol–water partition coefficient (Wildman–Crippen LogP) is 3.22. The molecule has 0 amide bonds. The van der Waals surface area contributed by atoms with Gasteiger partial charge in [-0.3, -0.25) is 0 Å². The molecule has 0 radical (unpaired) electrons. The number of rotatable bonds is 4. The maximum Gasteiger partial charge on any atom is 0.175 e. The van der Waals surface area contributed by atoms with Crippen molar-refractivity contribution in [3.05, 3.63) is 24.0 Å². The number of nitrogens with one attached hydrogen (secondary N) is 1. The van der Waals surface area contributed by atoms with Gasteiger partial charge in [-0.1, -0.05) is 12.8 Å². The Bertz CT molecular complexity index is 551. The molecule has 0 aromatic heterocycles. The molecule has 0 spiro atoms. The van der Waals surface area contributed by atoms with Crippen molar-refractivity contribution in [3.8, 4) is 0 Å². The first-order valence-electron chi connectivity index (χ1n) is 6.64. The minimum absolute atomic E-state index is 0.148. The van der Waals surface area contributed by atoms with E-state index in [0.29, 0.717) is 5.92 Å². The molecule has 1 aromatic carbocycles. The van der Waals surface area contributed by atoms with Crippen molar-refractivity contribution in [3.63, 3.8) is 0 Å². The summed E-state index contributed by atoms with van der Waals surface area (Å²) in [6, 6.07) is 4.05. The third kappa shape index (κ3) is 3.47. The van der Waals surface area contributed by atoms with Crippen LogP contribution >= 0.6 is 0 Å². The molecule has 3 nitrogen and oxygen atoms in total. The van der Waals surface area contributed by atoms with Crippen LogP contribution in [0, 0.1) is 11.7 Å². The van der Waals surface area contributed by atoms with E-state index in [1.165, 1.54) is 31.0 Å². The van der Waals surface area contributed by atoms with E-state index >= 15 is 0 Å². The Kier molecular flexibility index (Phi) is 4.13. The van der Waals surface area contributed by atoms with E-state index in [-0.39, 0.29) is 16.6 Å². The van der Waals surface area contributed by atoms with Gasteiger partial charge >= 0.3 is 0 Å². The lowest BCUT2D eigenvalue weighted by atomic mass is 9.99. The van der Waals surface area contributed by atoms with E-state index in [1.807, 2.05) is 6.92 Å². The first kappa shape index (κ1) is 14.3. The Balaban J connectivity index is 2.19. The Labute approximate surface area is 114 Å². The van der Waals surface area contributed by atoms with Gasteiger partial charge in [-0.2, -0.15) is 0 Å². The van der Waals surface area contributed by atoms with Gasteiger partial charge in [0.1, 0.15) is 5.82 Å². The summed E-state index contributed by atoms with van der Waals surface area (Å²) in [5, 5.41) is 3.13. The average molecular weight is 285 g/mol. The van der Waals surface area contributed by atoms with Gasteiger partial charge in [-0.05, 0) is 43.9 Å². The highest BCUT2D eigenvalue weighted by atomic mass is 32.2. The van der Waals surface area contributed by atoms with Crippen molar-refractivity contribution >= 4 is 15.5 Å². The minimum Gasteiger partial charge on any atom is -0.380 e. The molecule has 1 aliphatic rings. The monoisotopic (exact) mass is 285 g/mol. The van der Waals surface area contributed by atoms with Crippen LogP contribution in [-0.4, -0.2) is 20.7 Å². The Morgan fingerprint density at radius 3 is 2.53 bits per heavy atom. The zero-order valence-electron chi connectivity index (χ0n) is 11.3. The van der Waals surface area contributed by atoms with Crippen LogP contribution in [0.3, 0.4) is 0 Å². The average Bonchev–Trinajstić information content (AvgIpc) is 2.84. The molecule has 1 aliphatic carbocycles. The molecule has 2 rings (SSSR count). The maximum absolute atomic E-state index is 13.7. The Hall–Kier alpha value is -1.10. The number of anilines is 1. The third-order valence-electron chi connectivity index (χ3n) is 3.86. The Morgan fingerprint density at radius 2 is 1.95 bits per heavy atom. The second-order valence-corrected chi connectivity index (χ2v) is 7.41. The van der Waals surface area contributed by atoms with Crippen LogP contribution < -0.4 is 5.32 Å². The fourth-order valence-electron chi connectivity index (χ4n) is 2.67. The fourth-order valence-corrected chi connectivity index (χ4v) is 3.31. The molecule has 106 valence electrons. The summed E-state index contributed by atoms with van der Waals surface area (Å²) in [4.78, 5) is 0.148. The summed E-state index contributed by atoms with van der Waals surface area (Å²) in [5.74, 6) is 0.138. The maximum atomic E-state index is 13.7. The Morgan fingerprint density at radius 1 is 1.32 bits per heavy atom. The number of hydrogen-bond donors (Lipinski definition) is 1. The fraction of sp³-hybridized carbons (Fsp3) is 0.571. The number of sulfone groups is 1. The summed E-state index contributed by atoms with van der Waals surface area (Å²) in [6.07, 6.45) is 5.89. The molecule has 1 unspecified atom stereocenters. The molecule has 1 N–H and O–H groups in total. The van der Waals surface area contributed by atoms with Gasteiger partial charge in [0.15, 0.2) is 9.84 Å². The first-order chi connectivity index (χ1) is 8.88. The third-order valence-corrected chi connectivity index (χ3v) is 4.97. The van der Waals surface area contributed by atoms with Crippen LogP contribution in [0.2, 0.25) is 0 Å². The molecular formula is C14H20FNO2S. The topological polar surface area (TPSA) is 46.2 Å². The molecule has 0 bridgehead atoms. The lowest BCUT2D eigenvalue weighted by Gasteiger charge is -2.22. The van der Waals surface area contributed by atoms with Crippen molar-refractivity contribution in [1.82, 2.24) is 0 Å². The molecule has 19 heavy (non-hydrogen) atoms. The van der Waals surface area contributed by atoms with Gasteiger partial charge in [0.05, 0.1) is 10.6 Å². The van der Waals surface area contributed by atoms with E-state index in [9.17, 15) is 12.8 Å². The normalized spacial score (nSPS) is 18.5. The zero-order valence-corrected chi connectivity index (χ0v) is 12.1. The van der Waals surface area contributed by atoms with Crippen LogP contribution in [0.4, 0.5) is 10.1 Å². The number of hydrogen-bond acceptors (Lipinski definition) is 3. The van der Waals surface area contributed by atoms with Crippen molar-refractivity contribution in [2.45, 2.75) is 43.5 Å². The van der Waals surface area contributed by atoms with Gasteiger partial charge in [0.25, 0.3) is 0 Å². The highest BCUT2D eigenvalue weighted by Crippen LogP contribution is 2.30. The summed E-state index contributed by atoms with van der Waals surface area (Å²) < 4.78 is 36.7. The van der Waals surface area contributed by atoms with E-state index in [1.54, 1.807) is 0 Å². The highest BCUT2D eigenvalue weighted by molar-refractivity contribution is 7.90. The molecule has 1 atom stereocenters. The lowest BCUT2D eigenvalue weighted by molar-refractivity contribution is 0.479. The summed E-state index contributed by atoms with van der Waals surface area (Å²) in [5.41, 5.74) is 0.280. The summed E-state index contributed by atoms with van der Waals surface area (Å²) in [6.45, 7) is 2.03. The van der Waals surface area contributed by atoms with Crippen LogP contribution in [-0.2, 0) is 9.84 Å². The molecular weight excluding hydrogens is 265 g/mol. The van der Waals surface area contributed by atoms with Gasteiger partial charge in [-0.25, -0.2) is 12.8 Å². The number of halogens is 1. The van der Waals surface area contributed by atoms with Gasteiger partial charge < -0.3 is 5.32 Å². The predicted molar refractivity (Wildman–Crippen MR) is 74.6 cm³/mol. The standard InChI is InChI=1S/C14H20FNO2S/c1-10(11-5-3-4-6-11)16-14-9-12(19(2,17)18)7-8-13(14)15/h7-11,16H,3-6H2,1-2H3. The van der Waals surface area contributed by atoms with E-state index in [4.69, 9.17) is 0 Å². The molecule has 0 heterocycles. The van der Waals surface area contributed by atoms with E-state index in [0.717, 1.165) is 19.1 Å². The largest absolute Gasteiger partial charge is 0.380 e. The molecule has 1 aromatic rings. The molecule has 1 fully saturated rings. The second kappa shape index (κ2) is 5.49. The zero-order chi connectivity index (χ0) is 14.0. The van der Waals surface area contributed by atoms with Crippen molar-refractivity contribution in [2.75, 3.05) is 11.6 Å². The molecule has 0 saturated heterocycles. The quantitative estimate of drug-likeness (QED) is 0.864. The number of benzene rings is 1. The van der Waals surface area contributed by atoms with Gasteiger partial charge in [0.2, 0.25) is 0 Å². The van der Waals surface area contributed by atoms with Crippen molar-refractivity contribution in [1.29, 1.82) is 0 Å². The molecule has 0 aliphatic heterocycles. The van der Waals surface area contributed by atoms with Gasteiger partial charge in [-0.15, -0.1) is 0 Å². The van der Waals surface area contributed by atoms with Gasteiger partial charge in [0, 0.05) is 12.3 Å². The SMILES string of the molecule is CC(Nc1cc(S(C)(=O)=O)ccc1F)C1CCCC1. The highest BCUT2D eigenvalue weighted by Gasteiger charge is 2.22. The first-order valence-corrected chi connectivity index (χ1v) is 8.53. The summed E-state index contributed by atoms with van der Waals surface area (Å²) in [7, 11) is -3.30. The van der Waals surface area contributed by atoms with Crippen molar-refractivity contribution in [2.24, 2.45) is 5.92 Å². The molecule has 5 heteroatoms. The van der Waals surface area contributed by atoms with Crippen LogP contribution in [0.1, 0.15) is 32.6 Å². The van der Waals surface area contributed by atoms with E-state index in [2.05, 4.69) is 5.32 Å². The van der Waals surface area contributed by atoms with Crippen molar-refractivity contribution < 1.29 is 12.8 Å².